The molecule has 0 unspecified atom stereocenters. The highest BCUT2D eigenvalue weighted by Gasteiger charge is 2.43. The van der Waals surface area contributed by atoms with Gasteiger partial charge in [0, 0.05) is 23.5 Å². The van der Waals surface area contributed by atoms with Gasteiger partial charge < -0.3 is 15.2 Å². The Hall–Kier alpha value is -2.61. The van der Waals surface area contributed by atoms with E-state index in [-0.39, 0.29) is 30.2 Å². The molecule has 158 valence electrons. The smallest absolute Gasteiger partial charge is 0.418 e. The predicted octanol–water partition coefficient (Wildman–Crippen LogP) is 6.18. The normalized spacial score (nSPS) is 13.7. The Kier molecular flexibility index (Phi) is 7.61. The second kappa shape index (κ2) is 9.73. The lowest BCUT2D eigenvalue weighted by Crippen LogP contribution is -2.24. The van der Waals surface area contributed by atoms with Gasteiger partial charge >= 0.3 is 12.1 Å². The Balaban J connectivity index is 2.53. The highest BCUT2D eigenvalue weighted by molar-refractivity contribution is 5.69. The summed E-state index contributed by atoms with van der Waals surface area (Å²) >= 11 is 0. The molecule has 2 aromatic rings. The van der Waals surface area contributed by atoms with Crippen LogP contribution >= 0.6 is 0 Å². The number of rotatable bonds is 9. The first-order valence-electron chi connectivity index (χ1n) is 9.22. The summed E-state index contributed by atoms with van der Waals surface area (Å²) in [6.07, 6.45) is -6.42. The molecule has 0 spiro atoms. The summed E-state index contributed by atoms with van der Waals surface area (Å²) in [7, 11) is 0. The van der Waals surface area contributed by atoms with E-state index in [1.54, 1.807) is 0 Å². The second-order valence-electron chi connectivity index (χ2n) is 6.56. The minimum atomic E-state index is -4.64. The summed E-state index contributed by atoms with van der Waals surface area (Å²) in [4.78, 5) is 11.1. The van der Waals surface area contributed by atoms with Crippen LogP contribution in [0.1, 0.15) is 49.8 Å². The maximum absolute atomic E-state index is 13.6. The molecule has 0 saturated carbocycles. The summed E-state index contributed by atoms with van der Waals surface area (Å²) in [5.41, 5.74) is 1.00. The first-order valence-corrected chi connectivity index (χ1v) is 9.22. The van der Waals surface area contributed by atoms with Crippen molar-refractivity contribution >= 4 is 17.3 Å². The second-order valence-corrected chi connectivity index (χ2v) is 6.56. The molecule has 0 aliphatic rings. The molecule has 29 heavy (non-hydrogen) atoms. The Morgan fingerprint density at radius 2 is 1.79 bits per heavy atom. The van der Waals surface area contributed by atoms with E-state index in [1.165, 1.54) is 49.4 Å². The molecule has 0 bridgehead atoms. The number of ether oxygens (including phenoxy) is 1. The van der Waals surface area contributed by atoms with E-state index in [1.807, 2.05) is 6.92 Å². The lowest BCUT2D eigenvalue weighted by molar-refractivity contribution is -0.222. The van der Waals surface area contributed by atoms with E-state index in [9.17, 15) is 22.4 Å². The minimum Gasteiger partial charge on any atom is -0.481 e. The van der Waals surface area contributed by atoms with Crippen LogP contribution in [0.15, 0.2) is 42.5 Å². The lowest BCUT2D eigenvalue weighted by atomic mass is 9.91. The van der Waals surface area contributed by atoms with E-state index in [0.29, 0.717) is 17.7 Å². The highest BCUT2D eigenvalue weighted by atomic mass is 19.4. The molecule has 4 nitrogen and oxygen atoms in total. The molecule has 0 radical (unpaired) electrons. The van der Waals surface area contributed by atoms with E-state index in [0.717, 1.165) is 0 Å². The third-order valence-corrected chi connectivity index (χ3v) is 4.50. The molecule has 2 rings (SSSR count). The van der Waals surface area contributed by atoms with Crippen LogP contribution in [0, 0.1) is 5.82 Å². The summed E-state index contributed by atoms with van der Waals surface area (Å²) in [5.74, 6) is -1.82. The largest absolute Gasteiger partial charge is 0.481 e. The van der Waals surface area contributed by atoms with Gasteiger partial charge in [-0.1, -0.05) is 19.1 Å². The topological polar surface area (TPSA) is 58.6 Å². The summed E-state index contributed by atoms with van der Waals surface area (Å²) < 4.78 is 58.9. The van der Waals surface area contributed by atoms with Gasteiger partial charge in [0.25, 0.3) is 0 Å². The molecule has 0 amide bonds. The average molecular weight is 413 g/mol. The number of halogens is 4. The van der Waals surface area contributed by atoms with Crippen molar-refractivity contribution < 1.29 is 32.2 Å². The highest BCUT2D eigenvalue weighted by Crippen LogP contribution is 2.41. The standard InChI is InChI=1S/C21H23F4NO3/c1-3-13(12-19(27)28)14-5-10-17(20(29-4-2)21(23,24)25)18(11-14)26-16-8-6-15(22)7-9-16/h5-11,13,20,26H,3-4,12H2,1-2H3,(H,27,28)/t13-,20-/m0/s1. The zero-order valence-electron chi connectivity index (χ0n) is 16.1. The predicted molar refractivity (Wildman–Crippen MR) is 102 cm³/mol. The fourth-order valence-electron chi connectivity index (χ4n) is 3.09. The number of hydrogen-bond acceptors (Lipinski definition) is 3. The summed E-state index contributed by atoms with van der Waals surface area (Å²) in [5, 5.41) is 12.0. The van der Waals surface area contributed by atoms with Crippen LogP contribution in [0.4, 0.5) is 28.9 Å². The lowest BCUT2D eigenvalue weighted by Gasteiger charge is -2.25. The van der Waals surface area contributed by atoms with Gasteiger partial charge in [-0.25, -0.2) is 4.39 Å². The van der Waals surface area contributed by atoms with Crippen molar-refractivity contribution in [2.75, 3.05) is 11.9 Å². The average Bonchev–Trinajstić information content (AvgIpc) is 2.65. The quantitative estimate of drug-likeness (QED) is 0.482. The van der Waals surface area contributed by atoms with Crippen LogP contribution in [0.2, 0.25) is 0 Å². The van der Waals surface area contributed by atoms with Crippen molar-refractivity contribution in [2.45, 2.75) is 44.9 Å². The van der Waals surface area contributed by atoms with Gasteiger partial charge in [-0.05, 0) is 55.2 Å². The molecule has 0 fully saturated rings. The van der Waals surface area contributed by atoms with E-state index >= 15 is 0 Å². The van der Waals surface area contributed by atoms with Crippen LogP contribution in [-0.2, 0) is 9.53 Å². The van der Waals surface area contributed by atoms with Crippen molar-refractivity contribution in [2.24, 2.45) is 0 Å². The Bertz CT molecular complexity index is 822. The van der Waals surface area contributed by atoms with Crippen molar-refractivity contribution in [1.29, 1.82) is 0 Å². The first-order chi connectivity index (χ1) is 13.7. The molecular formula is C21H23F4NO3. The number of alkyl halides is 3. The van der Waals surface area contributed by atoms with Crippen LogP contribution < -0.4 is 5.32 Å². The number of aliphatic carboxylic acids is 1. The first kappa shape index (κ1) is 22.7. The Morgan fingerprint density at radius 1 is 1.14 bits per heavy atom. The number of carbonyl (C=O) groups is 1. The number of carboxylic acids is 1. The number of anilines is 2. The zero-order chi connectivity index (χ0) is 21.6. The Labute approximate surface area is 166 Å². The molecular weight excluding hydrogens is 390 g/mol. The maximum atomic E-state index is 13.6. The SMILES string of the molecule is CCO[C@@H](c1ccc([C@@H](CC)CC(=O)O)cc1Nc1ccc(F)cc1)C(F)(F)F. The third kappa shape index (κ3) is 6.19. The fourth-order valence-corrected chi connectivity index (χ4v) is 3.09. The molecule has 2 aromatic carbocycles. The molecule has 2 atom stereocenters. The minimum absolute atomic E-state index is 0.127. The monoisotopic (exact) mass is 413 g/mol. The van der Waals surface area contributed by atoms with Gasteiger partial charge in [0.2, 0.25) is 0 Å². The molecule has 8 heteroatoms. The number of nitrogens with one attached hydrogen (secondary N) is 1. The van der Waals surface area contributed by atoms with Gasteiger partial charge in [-0.2, -0.15) is 13.2 Å². The van der Waals surface area contributed by atoms with Crippen LogP contribution in [-0.4, -0.2) is 23.9 Å². The van der Waals surface area contributed by atoms with Crippen LogP contribution in [0.5, 0.6) is 0 Å². The fraction of sp³-hybridized carbons (Fsp3) is 0.381. The molecule has 0 saturated heterocycles. The van der Waals surface area contributed by atoms with E-state index < -0.39 is 24.1 Å². The molecule has 0 heterocycles. The number of hydrogen-bond donors (Lipinski definition) is 2. The van der Waals surface area contributed by atoms with Gasteiger partial charge in [0.05, 0.1) is 6.42 Å². The van der Waals surface area contributed by atoms with Crippen LogP contribution in [0.3, 0.4) is 0 Å². The van der Waals surface area contributed by atoms with Crippen molar-refractivity contribution in [3.8, 4) is 0 Å². The van der Waals surface area contributed by atoms with Gasteiger partial charge in [0.15, 0.2) is 6.10 Å². The van der Waals surface area contributed by atoms with Crippen molar-refractivity contribution in [3.05, 3.63) is 59.4 Å². The molecule has 0 aromatic heterocycles. The molecule has 2 N–H and O–H groups in total. The Morgan fingerprint density at radius 3 is 2.31 bits per heavy atom. The van der Waals surface area contributed by atoms with Crippen molar-refractivity contribution in [1.82, 2.24) is 0 Å². The number of benzene rings is 2. The van der Waals surface area contributed by atoms with Gasteiger partial charge in [-0.3, -0.25) is 4.79 Å². The molecule has 0 aliphatic heterocycles. The van der Waals surface area contributed by atoms with Gasteiger partial charge in [-0.15, -0.1) is 0 Å². The van der Waals surface area contributed by atoms with Crippen molar-refractivity contribution in [3.63, 3.8) is 0 Å². The maximum Gasteiger partial charge on any atom is 0.418 e. The molecule has 0 aliphatic carbocycles. The van der Waals surface area contributed by atoms with Crippen LogP contribution in [0.25, 0.3) is 0 Å². The van der Waals surface area contributed by atoms with E-state index in [4.69, 9.17) is 9.84 Å². The number of carboxylic acid groups (broad SMARTS) is 1. The summed E-state index contributed by atoms with van der Waals surface area (Å²) in [6, 6.07) is 9.50. The van der Waals surface area contributed by atoms with Gasteiger partial charge in [0.1, 0.15) is 5.82 Å². The zero-order valence-corrected chi connectivity index (χ0v) is 16.1. The van der Waals surface area contributed by atoms with E-state index in [2.05, 4.69) is 5.32 Å². The summed E-state index contributed by atoms with van der Waals surface area (Å²) in [6.45, 7) is 3.14. The third-order valence-electron chi connectivity index (χ3n) is 4.50.